The van der Waals surface area contributed by atoms with Gasteiger partial charge in [0.2, 0.25) is 0 Å². The van der Waals surface area contributed by atoms with Crippen LogP contribution in [-0.2, 0) is 9.53 Å². The van der Waals surface area contributed by atoms with E-state index in [1.165, 1.54) is 25.3 Å². The van der Waals surface area contributed by atoms with Gasteiger partial charge in [-0.2, -0.15) is 0 Å². The van der Waals surface area contributed by atoms with Gasteiger partial charge in [-0.05, 0) is 30.7 Å². The monoisotopic (exact) mass is 413 g/mol. The predicted octanol–water partition coefficient (Wildman–Crippen LogP) is 4.21. The molecular formula is C19H18ClF2NO5. The molecular weight excluding hydrogens is 396 g/mol. The summed E-state index contributed by atoms with van der Waals surface area (Å²) in [6.07, 6.45) is 0.760. The van der Waals surface area contributed by atoms with Gasteiger partial charge in [0.25, 0.3) is 5.91 Å². The number of carbonyl (C=O) groups excluding carboxylic acids is 2. The van der Waals surface area contributed by atoms with Crippen LogP contribution in [0.5, 0.6) is 11.5 Å². The minimum atomic E-state index is -1.11. The molecule has 0 saturated heterocycles. The molecule has 0 atom stereocenters. The lowest BCUT2D eigenvalue weighted by atomic mass is 10.2. The Morgan fingerprint density at radius 3 is 2.54 bits per heavy atom. The zero-order chi connectivity index (χ0) is 20.7. The number of amides is 1. The first-order valence-electron chi connectivity index (χ1n) is 8.28. The van der Waals surface area contributed by atoms with Gasteiger partial charge in [-0.25, -0.2) is 13.6 Å². The summed E-state index contributed by atoms with van der Waals surface area (Å²) in [4.78, 5) is 24.0. The molecule has 0 radical (unpaired) electrons. The molecule has 1 N–H and O–H groups in total. The smallest absolute Gasteiger partial charge is 0.338 e. The molecule has 0 aliphatic rings. The van der Waals surface area contributed by atoms with E-state index in [0.717, 1.165) is 18.6 Å². The van der Waals surface area contributed by atoms with Crippen molar-refractivity contribution < 1.29 is 32.6 Å². The topological polar surface area (TPSA) is 73.9 Å². The van der Waals surface area contributed by atoms with Crippen molar-refractivity contribution in [1.82, 2.24) is 0 Å². The first-order chi connectivity index (χ1) is 13.3. The maximum Gasteiger partial charge on any atom is 0.338 e. The van der Waals surface area contributed by atoms with Crippen LogP contribution in [-0.4, -0.2) is 32.2 Å². The Bertz CT molecular complexity index is 876. The van der Waals surface area contributed by atoms with Crippen molar-refractivity contribution in [2.24, 2.45) is 0 Å². The minimum absolute atomic E-state index is 0.0297. The fraction of sp³-hybridized carbons (Fsp3) is 0.263. The number of halogens is 3. The largest absolute Gasteiger partial charge is 0.493 e. The van der Waals surface area contributed by atoms with Crippen LogP contribution in [0.2, 0.25) is 5.02 Å². The van der Waals surface area contributed by atoms with E-state index < -0.39 is 30.1 Å². The number of esters is 1. The highest BCUT2D eigenvalue weighted by atomic mass is 35.5. The summed E-state index contributed by atoms with van der Waals surface area (Å²) in [5, 5.41) is 2.45. The van der Waals surface area contributed by atoms with Gasteiger partial charge in [0.15, 0.2) is 29.7 Å². The molecule has 0 heterocycles. The first-order valence-corrected chi connectivity index (χ1v) is 8.65. The van der Waals surface area contributed by atoms with Crippen LogP contribution in [0.25, 0.3) is 0 Å². The highest BCUT2D eigenvalue weighted by Gasteiger charge is 2.18. The number of anilines is 1. The minimum Gasteiger partial charge on any atom is -0.493 e. The number of methoxy groups -OCH3 is 1. The molecule has 6 nitrogen and oxygen atoms in total. The van der Waals surface area contributed by atoms with Crippen LogP contribution in [0, 0.1) is 11.6 Å². The molecule has 2 aromatic rings. The second kappa shape index (κ2) is 9.89. The van der Waals surface area contributed by atoms with Gasteiger partial charge < -0.3 is 19.5 Å². The SMILES string of the molecule is CCCOc1c(Cl)cc(C(=O)OCC(=O)Nc2ccc(F)c(F)c2)cc1OC. The third kappa shape index (κ3) is 5.56. The molecule has 28 heavy (non-hydrogen) atoms. The maximum absolute atomic E-state index is 13.1. The number of benzene rings is 2. The lowest BCUT2D eigenvalue weighted by Crippen LogP contribution is -2.21. The molecule has 0 aromatic heterocycles. The van der Waals surface area contributed by atoms with Gasteiger partial charge in [0, 0.05) is 11.8 Å². The molecule has 0 saturated carbocycles. The van der Waals surface area contributed by atoms with Crippen molar-refractivity contribution in [3.63, 3.8) is 0 Å². The average Bonchev–Trinajstić information content (AvgIpc) is 2.67. The van der Waals surface area contributed by atoms with Crippen molar-refractivity contribution in [3.05, 3.63) is 52.6 Å². The van der Waals surface area contributed by atoms with Crippen molar-refractivity contribution in [1.29, 1.82) is 0 Å². The van der Waals surface area contributed by atoms with Crippen LogP contribution in [0.15, 0.2) is 30.3 Å². The fourth-order valence-electron chi connectivity index (χ4n) is 2.17. The highest BCUT2D eigenvalue weighted by molar-refractivity contribution is 6.32. The van der Waals surface area contributed by atoms with E-state index in [0.29, 0.717) is 12.4 Å². The van der Waals surface area contributed by atoms with Crippen molar-refractivity contribution in [2.45, 2.75) is 13.3 Å². The molecule has 2 rings (SSSR count). The summed E-state index contributed by atoms with van der Waals surface area (Å²) in [5.41, 5.74) is 0.0911. The average molecular weight is 414 g/mol. The molecule has 0 bridgehead atoms. The molecule has 9 heteroatoms. The second-order valence-electron chi connectivity index (χ2n) is 5.59. The van der Waals surface area contributed by atoms with Crippen LogP contribution < -0.4 is 14.8 Å². The quantitative estimate of drug-likeness (QED) is 0.656. The Labute approximate surface area is 165 Å². The summed E-state index contributed by atoms with van der Waals surface area (Å²) >= 11 is 6.13. The summed E-state index contributed by atoms with van der Waals surface area (Å²) < 4.78 is 41.6. The number of nitrogens with one attached hydrogen (secondary N) is 1. The summed E-state index contributed by atoms with van der Waals surface area (Å²) in [6.45, 7) is 1.72. The Kier molecular flexibility index (Phi) is 7.57. The van der Waals surface area contributed by atoms with Gasteiger partial charge in [0.1, 0.15) is 0 Å². The number of hydrogen-bond donors (Lipinski definition) is 1. The Morgan fingerprint density at radius 1 is 1.14 bits per heavy atom. The summed E-state index contributed by atoms with van der Waals surface area (Å²) in [5.74, 6) is -3.13. The lowest BCUT2D eigenvalue weighted by molar-refractivity contribution is -0.119. The number of hydrogen-bond acceptors (Lipinski definition) is 5. The van der Waals surface area contributed by atoms with Gasteiger partial charge >= 0.3 is 5.97 Å². The molecule has 0 spiro atoms. The zero-order valence-corrected chi connectivity index (χ0v) is 15.9. The number of ether oxygens (including phenoxy) is 3. The number of rotatable bonds is 8. The van der Waals surface area contributed by atoms with Gasteiger partial charge in [-0.15, -0.1) is 0 Å². The standard InChI is InChI=1S/C19H18ClF2NO5/c1-3-6-27-18-13(20)7-11(8-16(18)26-2)19(25)28-10-17(24)23-12-4-5-14(21)15(22)9-12/h4-5,7-9H,3,6,10H2,1-2H3,(H,23,24). The Morgan fingerprint density at radius 2 is 1.89 bits per heavy atom. The van der Waals surface area contributed by atoms with E-state index in [9.17, 15) is 18.4 Å². The fourth-order valence-corrected chi connectivity index (χ4v) is 2.43. The first kappa shape index (κ1) is 21.4. The molecule has 0 aliphatic carbocycles. The van der Waals surface area contributed by atoms with Crippen LogP contribution in [0.4, 0.5) is 14.5 Å². The van der Waals surface area contributed by atoms with Crippen molar-refractivity contribution in [2.75, 3.05) is 25.6 Å². The van der Waals surface area contributed by atoms with E-state index >= 15 is 0 Å². The third-order valence-electron chi connectivity index (χ3n) is 3.45. The van der Waals surface area contributed by atoms with Crippen LogP contribution in [0.1, 0.15) is 23.7 Å². The molecule has 0 aliphatic heterocycles. The van der Waals surface area contributed by atoms with E-state index in [2.05, 4.69) is 5.32 Å². The van der Waals surface area contributed by atoms with Crippen LogP contribution in [0.3, 0.4) is 0 Å². The maximum atomic E-state index is 13.1. The summed E-state index contributed by atoms with van der Waals surface area (Å²) in [6, 6.07) is 5.58. The molecule has 0 fully saturated rings. The Hall–Kier alpha value is -2.87. The van der Waals surface area contributed by atoms with Gasteiger partial charge in [0.05, 0.1) is 24.3 Å². The summed E-state index contributed by atoms with van der Waals surface area (Å²) in [7, 11) is 1.40. The lowest BCUT2D eigenvalue weighted by Gasteiger charge is -2.13. The van der Waals surface area contributed by atoms with E-state index in [1.54, 1.807) is 0 Å². The van der Waals surface area contributed by atoms with Crippen LogP contribution >= 0.6 is 11.6 Å². The zero-order valence-electron chi connectivity index (χ0n) is 15.2. The van der Waals surface area contributed by atoms with Gasteiger partial charge in [-0.3, -0.25) is 4.79 Å². The van der Waals surface area contributed by atoms with E-state index in [1.807, 2.05) is 6.92 Å². The highest BCUT2D eigenvalue weighted by Crippen LogP contribution is 2.36. The molecule has 150 valence electrons. The molecule has 0 unspecified atom stereocenters. The van der Waals surface area contributed by atoms with Gasteiger partial charge in [-0.1, -0.05) is 18.5 Å². The van der Waals surface area contributed by atoms with E-state index in [4.69, 9.17) is 25.8 Å². The second-order valence-corrected chi connectivity index (χ2v) is 6.00. The number of carbonyl (C=O) groups is 2. The predicted molar refractivity (Wildman–Crippen MR) is 99.1 cm³/mol. The normalized spacial score (nSPS) is 10.3. The van der Waals surface area contributed by atoms with E-state index in [-0.39, 0.29) is 22.0 Å². The molecule has 1 amide bonds. The van der Waals surface area contributed by atoms with Crippen molar-refractivity contribution in [3.8, 4) is 11.5 Å². The Balaban J connectivity index is 2.01. The third-order valence-corrected chi connectivity index (χ3v) is 3.73. The molecule has 2 aromatic carbocycles. The van der Waals surface area contributed by atoms with Crippen molar-refractivity contribution >= 4 is 29.2 Å².